The molecule has 0 unspecified atom stereocenters. The third kappa shape index (κ3) is 3.64. The molecule has 2 heterocycles. The van der Waals surface area contributed by atoms with Gasteiger partial charge in [-0.05, 0) is 12.1 Å². The Bertz CT molecular complexity index is 839. The molecule has 0 radical (unpaired) electrons. The Morgan fingerprint density at radius 3 is 3.21 bits per heavy atom. The molecule has 1 aromatic carbocycles. The fourth-order valence-electron chi connectivity index (χ4n) is 2.07. The summed E-state index contributed by atoms with van der Waals surface area (Å²) in [5.41, 5.74) is 4.86. The lowest BCUT2D eigenvalue weighted by atomic mass is 10.1. The second-order valence-electron chi connectivity index (χ2n) is 4.82. The number of nitrogens with one attached hydrogen (secondary N) is 2. The number of hydrogen-bond acceptors (Lipinski definition) is 6. The zero-order valence-corrected chi connectivity index (χ0v) is 12.9. The molecule has 1 amide bonds. The number of aromatic nitrogens is 5. The molecule has 2 aromatic heterocycles. The number of aromatic amines is 1. The molecule has 0 saturated heterocycles. The maximum absolute atomic E-state index is 11.7. The monoisotopic (exact) mass is 325 g/mol. The zero-order chi connectivity index (χ0) is 16.8. The first-order chi connectivity index (χ1) is 11.8. The van der Waals surface area contributed by atoms with Crippen molar-refractivity contribution in [2.45, 2.75) is 6.54 Å². The number of hydrazone groups is 1. The predicted octanol–water partition coefficient (Wildman–Crippen LogP) is 0.827. The van der Waals surface area contributed by atoms with Crippen molar-refractivity contribution in [1.29, 1.82) is 0 Å². The summed E-state index contributed by atoms with van der Waals surface area (Å²) in [6, 6.07) is 7.55. The summed E-state index contributed by atoms with van der Waals surface area (Å²) in [5.74, 6) is 0.439. The van der Waals surface area contributed by atoms with E-state index in [1.54, 1.807) is 13.3 Å². The number of carbonyl (C=O) groups excluding carboxylic acids is 1. The highest BCUT2D eigenvalue weighted by molar-refractivity contribution is 5.89. The van der Waals surface area contributed by atoms with Crippen molar-refractivity contribution < 1.29 is 9.53 Å². The largest absolute Gasteiger partial charge is 0.497 e. The summed E-state index contributed by atoms with van der Waals surface area (Å²) >= 11 is 0. The minimum Gasteiger partial charge on any atom is -0.497 e. The molecule has 3 rings (SSSR count). The molecule has 0 aliphatic heterocycles. The Balaban J connectivity index is 1.67. The Morgan fingerprint density at radius 2 is 2.42 bits per heavy atom. The van der Waals surface area contributed by atoms with Gasteiger partial charge >= 0.3 is 0 Å². The van der Waals surface area contributed by atoms with Crippen LogP contribution >= 0.6 is 0 Å². The smallest absolute Gasteiger partial charge is 0.261 e. The predicted molar refractivity (Wildman–Crippen MR) is 86.3 cm³/mol. The van der Waals surface area contributed by atoms with Crippen LogP contribution in [-0.4, -0.2) is 44.2 Å². The highest BCUT2D eigenvalue weighted by atomic mass is 16.5. The number of methoxy groups -OCH3 is 1. The van der Waals surface area contributed by atoms with Crippen LogP contribution in [0.15, 0.2) is 48.2 Å². The van der Waals surface area contributed by atoms with Gasteiger partial charge < -0.3 is 4.74 Å². The Morgan fingerprint density at radius 1 is 1.50 bits per heavy atom. The fraction of sp³-hybridized carbons (Fsp3) is 0.133. The average Bonchev–Trinajstić information content (AvgIpc) is 3.26. The first-order valence-corrected chi connectivity index (χ1v) is 7.08. The third-order valence-electron chi connectivity index (χ3n) is 3.19. The van der Waals surface area contributed by atoms with E-state index in [4.69, 9.17) is 4.74 Å². The van der Waals surface area contributed by atoms with Gasteiger partial charge in [-0.1, -0.05) is 12.1 Å². The van der Waals surface area contributed by atoms with E-state index in [2.05, 4.69) is 30.8 Å². The van der Waals surface area contributed by atoms with E-state index in [-0.39, 0.29) is 12.5 Å². The standard InChI is InChI=1S/C15H15N7O2/c1-24-13-4-2-3-11(5-13)15-12(7-18-21-15)6-17-20-14(23)8-22-10-16-9-19-22/h2-7,9-10H,8H2,1H3,(H,18,21)(H,20,23). The Hall–Kier alpha value is -3.49. The van der Waals surface area contributed by atoms with Gasteiger partial charge in [0.2, 0.25) is 0 Å². The van der Waals surface area contributed by atoms with E-state index in [1.807, 2.05) is 24.3 Å². The van der Waals surface area contributed by atoms with Gasteiger partial charge in [0.1, 0.15) is 24.9 Å². The molecule has 0 aliphatic rings. The zero-order valence-electron chi connectivity index (χ0n) is 12.9. The molecular weight excluding hydrogens is 310 g/mol. The summed E-state index contributed by atoms with van der Waals surface area (Å²) < 4.78 is 6.62. The number of carbonyl (C=O) groups is 1. The van der Waals surface area contributed by atoms with Gasteiger partial charge in [-0.2, -0.15) is 15.3 Å². The number of H-pyrrole nitrogens is 1. The van der Waals surface area contributed by atoms with E-state index >= 15 is 0 Å². The maximum Gasteiger partial charge on any atom is 0.261 e. The van der Waals surface area contributed by atoms with Gasteiger partial charge in [-0.15, -0.1) is 0 Å². The van der Waals surface area contributed by atoms with Crippen molar-refractivity contribution in [3.8, 4) is 17.0 Å². The highest BCUT2D eigenvalue weighted by Gasteiger charge is 2.07. The second-order valence-corrected chi connectivity index (χ2v) is 4.82. The lowest BCUT2D eigenvalue weighted by molar-refractivity contribution is -0.121. The third-order valence-corrected chi connectivity index (χ3v) is 3.19. The Kier molecular flexibility index (Phi) is 4.61. The lowest BCUT2D eigenvalue weighted by Crippen LogP contribution is -2.23. The summed E-state index contributed by atoms with van der Waals surface area (Å²) in [6.07, 6.45) is 5.97. The number of rotatable bonds is 6. The van der Waals surface area contributed by atoms with Crippen LogP contribution < -0.4 is 10.2 Å². The van der Waals surface area contributed by atoms with Crippen LogP contribution in [0.3, 0.4) is 0 Å². The molecule has 0 fully saturated rings. The summed E-state index contributed by atoms with van der Waals surface area (Å²) in [6.45, 7) is 0.0471. The first-order valence-electron chi connectivity index (χ1n) is 7.08. The van der Waals surface area contributed by atoms with Crippen molar-refractivity contribution in [3.05, 3.63) is 48.7 Å². The van der Waals surface area contributed by atoms with E-state index in [9.17, 15) is 4.79 Å². The van der Waals surface area contributed by atoms with Crippen molar-refractivity contribution in [3.63, 3.8) is 0 Å². The van der Waals surface area contributed by atoms with Gasteiger partial charge in [0.15, 0.2) is 0 Å². The number of amides is 1. The molecule has 0 atom stereocenters. The maximum atomic E-state index is 11.7. The lowest BCUT2D eigenvalue weighted by Gasteiger charge is -2.03. The topological polar surface area (TPSA) is 110 Å². The molecule has 9 heteroatoms. The molecule has 24 heavy (non-hydrogen) atoms. The van der Waals surface area contributed by atoms with Gasteiger partial charge in [-0.3, -0.25) is 9.89 Å². The van der Waals surface area contributed by atoms with Gasteiger partial charge in [0.05, 0.1) is 25.2 Å². The Labute approximate surface area is 137 Å². The molecule has 3 aromatic rings. The molecule has 0 aliphatic carbocycles. The van der Waals surface area contributed by atoms with Crippen LogP contribution in [0.5, 0.6) is 5.75 Å². The average molecular weight is 325 g/mol. The molecule has 0 bridgehead atoms. The van der Waals surface area contributed by atoms with Crippen molar-refractivity contribution >= 4 is 12.1 Å². The molecular formula is C15H15N7O2. The van der Waals surface area contributed by atoms with Crippen molar-refractivity contribution in [1.82, 2.24) is 30.4 Å². The van der Waals surface area contributed by atoms with E-state index < -0.39 is 0 Å². The van der Waals surface area contributed by atoms with Gasteiger partial charge in [0.25, 0.3) is 5.91 Å². The minimum atomic E-state index is -0.303. The fourth-order valence-corrected chi connectivity index (χ4v) is 2.07. The van der Waals surface area contributed by atoms with Gasteiger partial charge in [0, 0.05) is 11.1 Å². The van der Waals surface area contributed by atoms with E-state index in [0.29, 0.717) is 0 Å². The van der Waals surface area contributed by atoms with Crippen LogP contribution in [0.25, 0.3) is 11.3 Å². The van der Waals surface area contributed by atoms with Crippen LogP contribution in [0.2, 0.25) is 0 Å². The number of hydrogen-bond donors (Lipinski definition) is 2. The number of ether oxygens (including phenoxy) is 1. The van der Waals surface area contributed by atoms with Crippen molar-refractivity contribution in [2.24, 2.45) is 5.10 Å². The normalized spacial score (nSPS) is 10.9. The molecule has 9 nitrogen and oxygen atoms in total. The summed E-state index contributed by atoms with van der Waals surface area (Å²) in [4.78, 5) is 15.5. The SMILES string of the molecule is COc1cccc(-c2[nH]ncc2C=NNC(=O)Cn2cncn2)c1. The van der Waals surface area contributed by atoms with Crippen LogP contribution in [-0.2, 0) is 11.3 Å². The quantitative estimate of drug-likeness (QED) is 0.515. The summed E-state index contributed by atoms with van der Waals surface area (Å²) in [7, 11) is 1.61. The van der Waals surface area contributed by atoms with E-state index in [0.717, 1.165) is 22.6 Å². The molecule has 0 saturated carbocycles. The second kappa shape index (κ2) is 7.18. The summed E-state index contributed by atoms with van der Waals surface area (Å²) in [5, 5.41) is 14.7. The van der Waals surface area contributed by atoms with Crippen LogP contribution in [0.1, 0.15) is 5.56 Å². The van der Waals surface area contributed by atoms with Crippen LogP contribution in [0.4, 0.5) is 0 Å². The highest BCUT2D eigenvalue weighted by Crippen LogP contribution is 2.23. The molecule has 2 N–H and O–H groups in total. The number of nitrogens with zero attached hydrogens (tertiary/aromatic N) is 5. The molecule has 0 spiro atoms. The van der Waals surface area contributed by atoms with Crippen LogP contribution in [0, 0.1) is 0 Å². The minimum absolute atomic E-state index is 0.0471. The van der Waals surface area contributed by atoms with Crippen molar-refractivity contribution in [2.75, 3.05) is 7.11 Å². The first kappa shape index (κ1) is 15.4. The van der Waals surface area contributed by atoms with Gasteiger partial charge in [-0.25, -0.2) is 15.1 Å². The van der Waals surface area contributed by atoms with E-state index in [1.165, 1.54) is 23.6 Å². The number of benzene rings is 1. The molecule has 122 valence electrons.